The molecular formula is C17H19ClN4O5S. The van der Waals surface area contributed by atoms with Crippen molar-refractivity contribution in [1.82, 2.24) is 9.88 Å². The summed E-state index contributed by atoms with van der Waals surface area (Å²) in [6.45, 7) is 0.949. The molecule has 0 N–H and O–H groups in total. The van der Waals surface area contributed by atoms with Crippen LogP contribution in [0.15, 0.2) is 34.7 Å². The number of fused-ring (bicyclic) bond motifs is 1. The van der Waals surface area contributed by atoms with Gasteiger partial charge < -0.3 is 14.1 Å². The second-order valence-corrected chi connectivity index (χ2v) is 6.99. The molecule has 0 radical (unpaired) electrons. The van der Waals surface area contributed by atoms with Gasteiger partial charge in [-0.2, -0.15) is 0 Å². The van der Waals surface area contributed by atoms with Crippen LogP contribution in [0.25, 0.3) is 10.2 Å². The van der Waals surface area contributed by atoms with Crippen molar-refractivity contribution in [3.8, 4) is 5.75 Å². The molecule has 0 fully saturated rings. The predicted octanol–water partition coefficient (Wildman–Crippen LogP) is 3.44. The molecule has 2 heterocycles. The van der Waals surface area contributed by atoms with Crippen LogP contribution in [0.4, 0.5) is 11.0 Å². The highest BCUT2D eigenvalue weighted by atomic mass is 35.5. The molecule has 0 saturated heterocycles. The third kappa shape index (κ3) is 4.58. The Hall–Kier alpha value is -2.69. The van der Waals surface area contributed by atoms with Gasteiger partial charge in [0.25, 0.3) is 5.91 Å². The smallest absolute Gasteiger partial charge is 0.433 e. The number of ether oxygens (including phenoxy) is 1. The Kier molecular flexibility index (Phi) is 6.95. The molecule has 9 nitrogen and oxygen atoms in total. The third-order valence-corrected chi connectivity index (χ3v) is 4.87. The van der Waals surface area contributed by atoms with E-state index in [0.29, 0.717) is 29.5 Å². The normalized spacial score (nSPS) is 10.7. The minimum absolute atomic E-state index is 0. The highest BCUT2D eigenvalue weighted by molar-refractivity contribution is 7.22. The number of furan rings is 1. The first-order valence-electron chi connectivity index (χ1n) is 8.04. The van der Waals surface area contributed by atoms with Gasteiger partial charge in [-0.05, 0) is 32.3 Å². The number of methoxy groups -OCH3 is 1. The Balaban J connectivity index is 0.00000280. The van der Waals surface area contributed by atoms with Gasteiger partial charge in [0.2, 0.25) is 0 Å². The summed E-state index contributed by atoms with van der Waals surface area (Å²) in [5.41, 5.74) is 0.711. The van der Waals surface area contributed by atoms with Crippen molar-refractivity contribution >= 4 is 50.9 Å². The van der Waals surface area contributed by atoms with Gasteiger partial charge in [0.05, 0.1) is 23.4 Å². The van der Waals surface area contributed by atoms with Crippen LogP contribution in [-0.2, 0) is 0 Å². The summed E-state index contributed by atoms with van der Waals surface area (Å²) in [5, 5.41) is 11.3. The minimum atomic E-state index is -0.676. The number of nitrogens with zero attached hydrogens (tertiary/aromatic N) is 4. The Morgan fingerprint density at radius 3 is 2.64 bits per heavy atom. The van der Waals surface area contributed by atoms with Gasteiger partial charge in [-0.15, -0.1) is 12.4 Å². The molecule has 1 aromatic carbocycles. The van der Waals surface area contributed by atoms with Gasteiger partial charge in [0, 0.05) is 19.2 Å². The zero-order valence-corrected chi connectivity index (χ0v) is 17.1. The number of hydrogen-bond acceptors (Lipinski definition) is 8. The summed E-state index contributed by atoms with van der Waals surface area (Å²) in [5.74, 6) is -0.375. The molecule has 3 rings (SSSR count). The lowest BCUT2D eigenvalue weighted by molar-refractivity contribution is -0.402. The number of likely N-dealkylation sites (N-methyl/N-ethyl adjacent to an activating group) is 1. The Morgan fingerprint density at radius 2 is 2.04 bits per heavy atom. The second-order valence-electron chi connectivity index (χ2n) is 5.99. The highest BCUT2D eigenvalue weighted by Gasteiger charge is 2.26. The van der Waals surface area contributed by atoms with Gasteiger partial charge in [0.15, 0.2) is 10.9 Å². The Morgan fingerprint density at radius 1 is 1.29 bits per heavy atom. The molecule has 11 heteroatoms. The summed E-state index contributed by atoms with van der Waals surface area (Å²) < 4.78 is 11.2. The van der Waals surface area contributed by atoms with Gasteiger partial charge in [0.1, 0.15) is 10.7 Å². The van der Waals surface area contributed by atoms with E-state index in [1.165, 1.54) is 28.4 Å². The third-order valence-electron chi connectivity index (χ3n) is 3.81. The zero-order valence-electron chi connectivity index (χ0n) is 15.4. The molecule has 3 aromatic rings. The number of thiazole rings is 1. The standard InChI is InChI=1S/C17H18N4O5S.ClH/c1-19(2)8-9-20(16(22)13-5-7-15(26-13)21(23)24)17-18-12-10-11(25-3)4-6-14(12)27-17;/h4-7,10H,8-9H2,1-3H3;1H. The van der Waals surface area contributed by atoms with Gasteiger partial charge in [-0.25, -0.2) is 4.98 Å². The number of aromatic nitrogens is 1. The van der Waals surface area contributed by atoms with Crippen molar-refractivity contribution in [2.45, 2.75) is 0 Å². The molecule has 2 aromatic heterocycles. The first-order chi connectivity index (χ1) is 12.9. The molecule has 0 aliphatic rings. The number of hydrogen-bond donors (Lipinski definition) is 0. The quantitative estimate of drug-likeness (QED) is 0.421. The molecule has 28 heavy (non-hydrogen) atoms. The summed E-state index contributed by atoms with van der Waals surface area (Å²) in [7, 11) is 5.36. The fraction of sp³-hybridized carbons (Fsp3) is 0.294. The van der Waals surface area contributed by atoms with Crippen LogP contribution < -0.4 is 9.64 Å². The number of halogens is 1. The molecule has 0 unspecified atom stereocenters. The average Bonchev–Trinajstić information content (AvgIpc) is 3.27. The maximum Gasteiger partial charge on any atom is 0.433 e. The van der Waals surface area contributed by atoms with Crippen molar-refractivity contribution in [3.05, 3.63) is 46.2 Å². The van der Waals surface area contributed by atoms with Crippen LogP contribution in [0.2, 0.25) is 0 Å². The van der Waals surface area contributed by atoms with E-state index >= 15 is 0 Å². The van der Waals surface area contributed by atoms with Crippen LogP contribution >= 0.6 is 23.7 Å². The molecule has 150 valence electrons. The van der Waals surface area contributed by atoms with Crippen LogP contribution in [0, 0.1) is 10.1 Å². The first-order valence-corrected chi connectivity index (χ1v) is 8.86. The molecule has 0 saturated carbocycles. The lowest BCUT2D eigenvalue weighted by atomic mass is 10.3. The summed E-state index contributed by atoms with van der Waals surface area (Å²) in [4.78, 5) is 31.0. The highest BCUT2D eigenvalue weighted by Crippen LogP contribution is 2.32. The zero-order chi connectivity index (χ0) is 19.6. The summed E-state index contributed by atoms with van der Waals surface area (Å²) in [6.07, 6.45) is 0. The topological polar surface area (TPSA) is 102 Å². The van der Waals surface area contributed by atoms with Gasteiger partial charge in [-0.3, -0.25) is 19.8 Å². The van der Waals surface area contributed by atoms with Crippen LogP contribution in [0.1, 0.15) is 10.6 Å². The number of anilines is 1. The van der Waals surface area contributed by atoms with Crippen molar-refractivity contribution in [2.24, 2.45) is 0 Å². The number of carbonyl (C=O) groups is 1. The Bertz CT molecular complexity index is 987. The lowest BCUT2D eigenvalue weighted by Crippen LogP contribution is -2.36. The van der Waals surface area contributed by atoms with Crippen molar-refractivity contribution in [1.29, 1.82) is 0 Å². The number of amides is 1. The molecule has 1 amide bonds. The average molecular weight is 427 g/mol. The molecule has 0 aliphatic heterocycles. The summed E-state index contributed by atoms with van der Waals surface area (Å²) in [6, 6.07) is 7.97. The van der Waals surface area contributed by atoms with E-state index in [1.807, 2.05) is 31.1 Å². The summed E-state index contributed by atoms with van der Waals surface area (Å²) >= 11 is 1.36. The molecule has 0 aliphatic carbocycles. The Labute approximate surface area is 171 Å². The minimum Gasteiger partial charge on any atom is -0.497 e. The largest absolute Gasteiger partial charge is 0.497 e. The van der Waals surface area contributed by atoms with E-state index in [9.17, 15) is 14.9 Å². The van der Waals surface area contributed by atoms with E-state index in [0.717, 1.165) is 4.70 Å². The predicted molar refractivity (Wildman–Crippen MR) is 109 cm³/mol. The van der Waals surface area contributed by atoms with E-state index < -0.39 is 16.7 Å². The van der Waals surface area contributed by atoms with Crippen LogP contribution in [0.3, 0.4) is 0 Å². The van der Waals surface area contributed by atoms with E-state index in [4.69, 9.17) is 9.15 Å². The van der Waals surface area contributed by atoms with Gasteiger partial charge in [-0.1, -0.05) is 11.3 Å². The monoisotopic (exact) mass is 426 g/mol. The SMILES string of the molecule is COc1ccc2sc(N(CCN(C)C)C(=O)c3ccc([N+](=O)[O-])o3)nc2c1.Cl. The van der Waals surface area contributed by atoms with Crippen molar-refractivity contribution in [2.75, 3.05) is 39.2 Å². The van der Waals surface area contributed by atoms with E-state index in [-0.39, 0.29) is 18.2 Å². The fourth-order valence-corrected chi connectivity index (χ4v) is 3.37. The van der Waals surface area contributed by atoms with E-state index in [2.05, 4.69) is 4.98 Å². The maximum absolute atomic E-state index is 12.9. The second kappa shape index (κ2) is 9.00. The van der Waals surface area contributed by atoms with Gasteiger partial charge >= 0.3 is 5.88 Å². The molecular weight excluding hydrogens is 408 g/mol. The van der Waals surface area contributed by atoms with E-state index in [1.54, 1.807) is 13.2 Å². The first kappa shape index (κ1) is 21.6. The van der Waals surface area contributed by atoms with Crippen LogP contribution in [0.5, 0.6) is 5.75 Å². The number of nitro groups is 1. The maximum atomic E-state index is 12.9. The number of rotatable bonds is 7. The molecule has 0 atom stereocenters. The lowest BCUT2D eigenvalue weighted by Gasteiger charge is -2.20. The number of carbonyl (C=O) groups excluding carboxylic acids is 1. The molecule has 0 bridgehead atoms. The number of benzene rings is 1. The fourth-order valence-electron chi connectivity index (χ4n) is 2.40. The van der Waals surface area contributed by atoms with Crippen LogP contribution in [-0.4, -0.2) is 55.0 Å². The van der Waals surface area contributed by atoms with Crippen molar-refractivity contribution in [3.63, 3.8) is 0 Å². The van der Waals surface area contributed by atoms with Crippen molar-refractivity contribution < 1.29 is 18.9 Å². The molecule has 0 spiro atoms.